The largest absolute Gasteiger partial charge is 0.382 e. The van der Waals surface area contributed by atoms with Gasteiger partial charge in [-0.25, -0.2) is 9.97 Å². The van der Waals surface area contributed by atoms with Gasteiger partial charge in [-0.2, -0.15) is 0 Å². The van der Waals surface area contributed by atoms with Crippen LogP contribution in [0.4, 0.5) is 5.95 Å². The molecule has 1 aromatic heterocycles. The number of aromatic nitrogens is 2. The van der Waals surface area contributed by atoms with Gasteiger partial charge in [0.15, 0.2) is 0 Å². The molecule has 0 aliphatic heterocycles. The molecule has 0 aromatic carbocycles. The van der Waals surface area contributed by atoms with Crippen LogP contribution in [0.1, 0.15) is 19.5 Å². The van der Waals surface area contributed by atoms with Crippen molar-refractivity contribution in [1.29, 1.82) is 5.41 Å². The summed E-state index contributed by atoms with van der Waals surface area (Å²) in [6.45, 7) is 5.76. The SMILES string of the molecule is CCN(CC)c1nccc(C(=N)N)n1. The van der Waals surface area contributed by atoms with Crippen molar-refractivity contribution in [2.45, 2.75) is 13.8 Å². The van der Waals surface area contributed by atoms with E-state index in [1.807, 2.05) is 18.7 Å². The summed E-state index contributed by atoms with van der Waals surface area (Å²) >= 11 is 0. The van der Waals surface area contributed by atoms with Gasteiger partial charge in [-0.05, 0) is 19.9 Å². The van der Waals surface area contributed by atoms with Crippen molar-refractivity contribution >= 4 is 11.8 Å². The Labute approximate surface area is 83.5 Å². The average molecular weight is 193 g/mol. The first kappa shape index (κ1) is 10.4. The number of nitrogens with two attached hydrogens (primary N) is 1. The highest BCUT2D eigenvalue weighted by molar-refractivity contribution is 5.93. The first-order chi connectivity index (χ1) is 6.69. The van der Waals surface area contributed by atoms with E-state index in [1.165, 1.54) is 0 Å². The Kier molecular flexibility index (Phi) is 3.39. The zero-order chi connectivity index (χ0) is 10.6. The highest BCUT2D eigenvalue weighted by atomic mass is 15.2. The lowest BCUT2D eigenvalue weighted by Gasteiger charge is -2.18. The molecule has 3 N–H and O–H groups in total. The Balaban J connectivity index is 2.98. The van der Waals surface area contributed by atoms with E-state index in [4.69, 9.17) is 11.1 Å². The minimum Gasteiger partial charge on any atom is -0.382 e. The van der Waals surface area contributed by atoms with Crippen LogP contribution in [0.5, 0.6) is 0 Å². The van der Waals surface area contributed by atoms with Crippen LogP contribution in [0.15, 0.2) is 12.3 Å². The lowest BCUT2D eigenvalue weighted by Crippen LogP contribution is -2.25. The number of rotatable bonds is 4. The van der Waals surface area contributed by atoms with Crippen molar-refractivity contribution in [2.24, 2.45) is 5.73 Å². The Bertz CT molecular complexity index is 319. The van der Waals surface area contributed by atoms with E-state index < -0.39 is 0 Å². The summed E-state index contributed by atoms with van der Waals surface area (Å²) in [5, 5.41) is 7.26. The molecule has 0 atom stereocenters. The second-order valence-corrected chi connectivity index (χ2v) is 2.83. The van der Waals surface area contributed by atoms with Gasteiger partial charge < -0.3 is 10.6 Å². The van der Waals surface area contributed by atoms with Gasteiger partial charge in [-0.3, -0.25) is 5.41 Å². The Hall–Kier alpha value is -1.65. The summed E-state index contributed by atoms with van der Waals surface area (Å²) in [5.41, 5.74) is 5.81. The minimum absolute atomic E-state index is 0.0270. The predicted octanol–water partition coefficient (Wildman–Crippen LogP) is 0.607. The average Bonchev–Trinajstić information content (AvgIpc) is 2.20. The molecule has 1 aromatic rings. The number of hydrogen-bond donors (Lipinski definition) is 2. The topological polar surface area (TPSA) is 78.9 Å². The molecule has 0 aliphatic rings. The monoisotopic (exact) mass is 193 g/mol. The van der Waals surface area contributed by atoms with Crippen LogP contribution in [0.25, 0.3) is 0 Å². The lowest BCUT2D eigenvalue weighted by molar-refractivity contribution is 0.819. The van der Waals surface area contributed by atoms with Crippen molar-refractivity contribution < 1.29 is 0 Å². The molecule has 1 rings (SSSR count). The molecule has 5 nitrogen and oxygen atoms in total. The molecule has 0 bridgehead atoms. The van der Waals surface area contributed by atoms with Crippen LogP contribution in [0.3, 0.4) is 0 Å². The molecule has 14 heavy (non-hydrogen) atoms. The van der Waals surface area contributed by atoms with E-state index in [9.17, 15) is 0 Å². The van der Waals surface area contributed by atoms with Gasteiger partial charge in [0.2, 0.25) is 5.95 Å². The maximum Gasteiger partial charge on any atom is 0.225 e. The van der Waals surface area contributed by atoms with Crippen LogP contribution in [0.2, 0.25) is 0 Å². The van der Waals surface area contributed by atoms with Crippen molar-refractivity contribution in [3.05, 3.63) is 18.0 Å². The zero-order valence-corrected chi connectivity index (χ0v) is 8.49. The van der Waals surface area contributed by atoms with Crippen molar-refractivity contribution in [3.8, 4) is 0 Å². The molecule has 0 radical (unpaired) electrons. The van der Waals surface area contributed by atoms with Crippen molar-refractivity contribution in [1.82, 2.24) is 9.97 Å². The van der Waals surface area contributed by atoms with Crippen LogP contribution >= 0.6 is 0 Å². The van der Waals surface area contributed by atoms with E-state index in [0.717, 1.165) is 13.1 Å². The fourth-order valence-corrected chi connectivity index (χ4v) is 1.16. The summed E-state index contributed by atoms with van der Waals surface area (Å²) in [7, 11) is 0. The standard InChI is InChI=1S/C9H15N5/c1-3-14(4-2)9-12-6-5-7(13-9)8(10)11/h5-6H,3-4H2,1-2H3,(H3,10,11). The second-order valence-electron chi connectivity index (χ2n) is 2.83. The van der Waals surface area contributed by atoms with Gasteiger partial charge in [0.25, 0.3) is 0 Å². The van der Waals surface area contributed by atoms with E-state index in [0.29, 0.717) is 11.6 Å². The maximum atomic E-state index is 7.26. The Morgan fingerprint density at radius 3 is 2.64 bits per heavy atom. The third-order valence-corrected chi connectivity index (χ3v) is 1.97. The summed E-state index contributed by atoms with van der Waals surface area (Å²) < 4.78 is 0. The number of nitrogens with one attached hydrogen (secondary N) is 1. The smallest absolute Gasteiger partial charge is 0.225 e. The molecule has 0 fully saturated rings. The molecule has 5 heteroatoms. The van der Waals surface area contributed by atoms with E-state index >= 15 is 0 Å². The molecule has 76 valence electrons. The molecule has 0 spiro atoms. The van der Waals surface area contributed by atoms with Crippen LogP contribution < -0.4 is 10.6 Å². The molecular weight excluding hydrogens is 178 g/mol. The number of nitrogen functional groups attached to an aromatic ring is 1. The summed E-state index contributed by atoms with van der Waals surface area (Å²) in [6, 6.07) is 1.63. The lowest BCUT2D eigenvalue weighted by atomic mass is 10.4. The molecule has 1 heterocycles. The third-order valence-electron chi connectivity index (χ3n) is 1.97. The van der Waals surface area contributed by atoms with E-state index in [2.05, 4.69) is 9.97 Å². The number of anilines is 1. The summed E-state index contributed by atoms with van der Waals surface area (Å²) in [6.07, 6.45) is 1.62. The molecule has 0 saturated heterocycles. The number of nitrogens with zero attached hydrogens (tertiary/aromatic N) is 3. The van der Waals surface area contributed by atoms with Gasteiger partial charge in [0, 0.05) is 19.3 Å². The quantitative estimate of drug-likeness (QED) is 0.542. The molecule has 0 aliphatic carbocycles. The van der Waals surface area contributed by atoms with Gasteiger partial charge in [-0.15, -0.1) is 0 Å². The van der Waals surface area contributed by atoms with Gasteiger partial charge in [0.1, 0.15) is 11.5 Å². The van der Waals surface area contributed by atoms with Crippen molar-refractivity contribution in [3.63, 3.8) is 0 Å². The van der Waals surface area contributed by atoms with E-state index in [1.54, 1.807) is 12.3 Å². The minimum atomic E-state index is -0.0270. The third kappa shape index (κ3) is 2.18. The molecule has 0 saturated carbocycles. The Morgan fingerprint density at radius 1 is 1.50 bits per heavy atom. The van der Waals surface area contributed by atoms with E-state index in [-0.39, 0.29) is 5.84 Å². The normalized spacial score (nSPS) is 9.86. The first-order valence-corrected chi connectivity index (χ1v) is 4.61. The molecule has 0 amide bonds. The first-order valence-electron chi connectivity index (χ1n) is 4.61. The highest BCUT2D eigenvalue weighted by Gasteiger charge is 2.06. The summed E-state index contributed by atoms with van der Waals surface area (Å²) in [5.74, 6) is 0.600. The van der Waals surface area contributed by atoms with Crippen LogP contribution in [0, 0.1) is 5.41 Å². The molecule has 0 unspecified atom stereocenters. The van der Waals surface area contributed by atoms with Crippen LogP contribution in [-0.4, -0.2) is 28.9 Å². The van der Waals surface area contributed by atoms with Crippen molar-refractivity contribution in [2.75, 3.05) is 18.0 Å². The highest BCUT2D eigenvalue weighted by Crippen LogP contribution is 2.06. The predicted molar refractivity (Wildman–Crippen MR) is 56.6 cm³/mol. The zero-order valence-electron chi connectivity index (χ0n) is 8.49. The van der Waals surface area contributed by atoms with Crippen LogP contribution in [-0.2, 0) is 0 Å². The molecular formula is C9H15N5. The summed E-state index contributed by atoms with van der Waals surface area (Å²) in [4.78, 5) is 10.3. The van der Waals surface area contributed by atoms with Gasteiger partial charge >= 0.3 is 0 Å². The maximum absolute atomic E-state index is 7.26. The Morgan fingerprint density at radius 2 is 2.14 bits per heavy atom. The van der Waals surface area contributed by atoms with Gasteiger partial charge in [-0.1, -0.05) is 0 Å². The number of hydrogen-bond acceptors (Lipinski definition) is 4. The fraction of sp³-hybridized carbons (Fsp3) is 0.444. The van der Waals surface area contributed by atoms with Gasteiger partial charge in [0.05, 0.1) is 0 Å². The fourth-order valence-electron chi connectivity index (χ4n) is 1.16. The number of amidine groups is 1. The second kappa shape index (κ2) is 4.55.